The quantitative estimate of drug-likeness (QED) is 0.801. The minimum Gasteiger partial charge on any atom is -0.305 e. The lowest BCUT2D eigenvalue weighted by atomic mass is 9.98. The molecule has 1 nitrogen and oxygen atoms in total. The molecule has 0 radical (unpaired) electrons. The third-order valence-corrected chi connectivity index (χ3v) is 4.06. The maximum absolute atomic E-state index is 12.2. The summed E-state index contributed by atoms with van der Waals surface area (Å²) in [6.07, 6.45) is -4.17. The molecule has 0 saturated carbocycles. The number of benzene rings is 1. The fraction of sp³-hybridized carbons (Fsp3) is 0.375. The average Bonchev–Trinajstić information content (AvgIpc) is 2.86. The highest BCUT2D eigenvalue weighted by Gasteiger charge is 2.26. The molecule has 0 aliphatic carbocycles. The van der Waals surface area contributed by atoms with Gasteiger partial charge in [-0.05, 0) is 38.9 Å². The first-order chi connectivity index (χ1) is 9.87. The van der Waals surface area contributed by atoms with E-state index < -0.39 is 12.7 Å². The Labute approximate surface area is 126 Å². The van der Waals surface area contributed by atoms with Crippen molar-refractivity contribution < 1.29 is 13.2 Å². The van der Waals surface area contributed by atoms with Crippen LogP contribution in [0.4, 0.5) is 13.2 Å². The van der Waals surface area contributed by atoms with Crippen LogP contribution in [-0.2, 0) is 6.54 Å². The maximum Gasteiger partial charge on any atom is 0.401 e. The molecular weight excluding hydrogens is 295 g/mol. The number of hydrogen-bond acceptors (Lipinski definition) is 2. The Balaban J connectivity index is 2.09. The molecule has 114 valence electrons. The lowest BCUT2D eigenvalue weighted by Gasteiger charge is -2.10. The van der Waals surface area contributed by atoms with Crippen LogP contribution in [0.2, 0.25) is 0 Å². The van der Waals surface area contributed by atoms with Crippen LogP contribution < -0.4 is 5.32 Å². The molecule has 0 amide bonds. The van der Waals surface area contributed by atoms with E-state index in [4.69, 9.17) is 0 Å². The van der Waals surface area contributed by atoms with Crippen molar-refractivity contribution in [3.63, 3.8) is 0 Å². The molecule has 0 aliphatic heterocycles. The topological polar surface area (TPSA) is 12.0 Å². The van der Waals surface area contributed by atoms with E-state index in [1.54, 1.807) is 0 Å². The van der Waals surface area contributed by atoms with Crippen LogP contribution in [0, 0.1) is 0 Å². The molecule has 1 N–H and O–H groups in total. The van der Waals surface area contributed by atoms with E-state index >= 15 is 0 Å². The number of hydrogen-bond donors (Lipinski definition) is 1. The summed E-state index contributed by atoms with van der Waals surface area (Å²) in [6, 6.07) is 8.21. The van der Waals surface area contributed by atoms with Gasteiger partial charge in [0.2, 0.25) is 0 Å². The zero-order valence-electron chi connectivity index (χ0n) is 12.0. The largest absolute Gasteiger partial charge is 0.401 e. The molecule has 0 fully saturated rings. The Hall–Kier alpha value is -1.33. The van der Waals surface area contributed by atoms with E-state index in [0.29, 0.717) is 5.92 Å². The molecule has 2 rings (SSSR count). The van der Waals surface area contributed by atoms with Gasteiger partial charge in [0.25, 0.3) is 0 Å². The van der Waals surface area contributed by atoms with Crippen molar-refractivity contribution >= 4 is 11.3 Å². The van der Waals surface area contributed by atoms with Gasteiger partial charge in [-0.15, -0.1) is 0 Å². The lowest BCUT2D eigenvalue weighted by molar-refractivity contribution is -0.125. The van der Waals surface area contributed by atoms with Gasteiger partial charge in [-0.1, -0.05) is 38.1 Å². The lowest BCUT2D eigenvalue weighted by Crippen LogP contribution is -2.28. The van der Waals surface area contributed by atoms with Crippen molar-refractivity contribution in [3.05, 3.63) is 46.2 Å². The Kier molecular flexibility index (Phi) is 5.06. The molecule has 0 atom stereocenters. The first kappa shape index (κ1) is 16.0. The van der Waals surface area contributed by atoms with E-state index in [9.17, 15) is 13.2 Å². The fourth-order valence-electron chi connectivity index (χ4n) is 2.10. The van der Waals surface area contributed by atoms with Crippen molar-refractivity contribution in [1.29, 1.82) is 0 Å². The van der Waals surface area contributed by atoms with Gasteiger partial charge in [0.05, 0.1) is 6.54 Å². The summed E-state index contributed by atoms with van der Waals surface area (Å²) < 4.78 is 36.5. The van der Waals surface area contributed by atoms with Gasteiger partial charge in [-0.25, -0.2) is 0 Å². The van der Waals surface area contributed by atoms with Gasteiger partial charge >= 0.3 is 6.18 Å². The number of nitrogens with one attached hydrogen (secondary N) is 1. The number of halogens is 3. The van der Waals surface area contributed by atoms with E-state index in [2.05, 4.69) is 31.3 Å². The minimum atomic E-state index is -4.17. The molecule has 2 aromatic rings. The van der Waals surface area contributed by atoms with Gasteiger partial charge in [0, 0.05) is 6.54 Å². The van der Waals surface area contributed by atoms with Crippen LogP contribution in [0.25, 0.3) is 11.1 Å². The van der Waals surface area contributed by atoms with Crippen LogP contribution in [0.5, 0.6) is 0 Å². The molecule has 0 saturated heterocycles. The van der Waals surface area contributed by atoms with E-state index in [1.807, 2.05) is 22.9 Å². The Morgan fingerprint density at radius 1 is 1.10 bits per heavy atom. The highest BCUT2D eigenvalue weighted by Crippen LogP contribution is 2.29. The van der Waals surface area contributed by atoms with Crippen molar-refractivity contribution in [2.45, 2.75) is 32.5 Å². The second-order valence-corrected chi connectivity index (χ2v) is 6.05. The van der Waals surface area contributed by atoms with Gasteiger partial charge in [-0.3, -0.25) is 0 Å². The summed E-state index contributed by atoms with van der Waals surface area (Å²) in [5.74, 6) is 0.467. The summed E-state index contributed by atoms with van der Waals surface area (Å²) in [4.78, 5) is 0. The highest BCUT2D eigenvalue weighted by atomic mass is 32.1. The monoisotopic (exact) mass is 313 g/mol. The molecule has 1 heterocycles. The number of alkyl halides is 3. The maximum atomic E-state index is 12.2. The van der Waals surface area contributed by atoms with Crippen LogP contribution in [0.1, 0.15) is 30.9 Å². The third-order valence-electron chi connectivity index (χ3n) is 3.27. The minimum absolute atomic E-state index is 0.226. The Morgan fingerprint density at radius 3 is 2.33 bits per heavy atom. The second kappa shape index (κ2) is 6.62. The predicted octanol–water partition coefficient (Wildman–Crippen LogP) is 5.19. The van der Waals surface area contributed by atoms with Gasteiger partial charge < -0.3 is 5.32 Å². The summed E-state index contributed by atoms with van der Waals surface area (Å²) in [6.45, 7) is 3.52. The molecule has 0 aliphatic rings. The summed E-state index contributed by atoms with van der Waals surface area (Å²) in [7, 11) is 0. The van der Waals surface area contributed by atoms with E-state index in [-0.39, 0.29) is 6.54 Å². The Morgan fingerprint density at radius 2 is 1.76 bits per heavy atom. The molecule has 21 heavy (non-hydrogen) atoms. The number of thiophene rings is 1. The Bertz CT molecular complexity index is 570. The van der Waals surface area contributed by atoms with Gasteiger partial charge in [0.1, 0.15) is 0 Å². The van der Waals surface area contributed by atoms with Crippen molar-refractivity contribution in [2.75, 3.05) is 6.54 Å². The van der Waals surface area contributed by atoms with E-state index in [1.165, 1.54) is 16.9 Å². The molecule has 1 aromatic heterocycles. The van der Waals surface area contributed by atoms with Crippen LogP contribution in [-0.4, -0.2) is 12.7 Å². The zero-order chi connectivity index (χ0) is 15.5. The highest BCUT2D eigenvalue weighted by molar-refractivity contribution is 7.08. The standard InChI is InChI=1S/C16H18F3NS/c1-11(2)12-3-5-13(6-4-12)15-9-21-8-14(15)7-20-10-16(17,18)19/h3-6,8-9,11,20H,7,10H2,1-2H3. The molecule has 0 spiro atoms. The van der Waals surface area contributed by atoms with E-state index in [0.717, 1.165) is 16.7 Å². The first-order valence-electron chi connectivity index (χ1n) is 6.79. The van der Waals surface area contributed by atoms with Crippen molar-refractivity contribution in [3.8, 4) is 11.1 Å². The molecule has 0 unspecified atom stereocenters. The zero-order valence-corrected chi connectivity index (χ0v) is 12.8. The smallest absolute Gasteiger partial charge is 0.305 e. The van der Waals surface area contributed by atoms with Crippen molar-refractivity contribution in [2.24, 2.45) is 0 Å². The molecule has 5 heteroatoms. The number of rotatable bonds is 5. The average molecular weight is 313 g/mol. The fourth-order valence-corrected chi connectivity index (χ4v) is 2.97. The molecule has 0 bridgehead atoms. The summed E-state index contributed by atoms with van der Waals surface area (Å²) in [5, 5.41) is 6.33. The van der Waals surface area contributed by atoms with Crippen LogP contribution in [0.3, 0.4) is 0 Å². The second-order valence-electron chi connectivity index (χ2n) is 5.31. The van der Waals surface area contributed by atoms with Gasteiger partial charge in [0.15, 0.2) is 0 Å². The SMILES string of the molecule is CC(C)c1ccc(-c2cscc2CNCC(F)(F)F)cc1. The van der Waals surface area contributed by atoms with Crippen LogP contribution >= 0.6 is 11.3 Å². The third kappa shape index (κ3) is 4.58. The van der Waals surface area contributed by atoms with Crippen LogP contribution in [0.15, 0.2) is 35.0 Å². The van der Waals surface area contributed by atoms with Gasteiger partial charge in [-0.2, -0.15) is 24.5 Å². The molecule has 1 aromatic carbocycles. The predicted molar refractivity (Wildman–Crippen MR) is 81.6 cm³/mol. The molecular formula is C16H18F3NS. The normalized spacial score (nSPS) is 12.1. The summed E-state index contributed by atoms with van der Waals surface area (Å²) >= 11 is 1.51. The first-order valence-corrected chi connectivity index (χ1v) is 7.74. The summed E-state index contributed by atoms with van der Waals surface area (Å²) in [5.41, 5.74) is 4.21. The van der Waals surface area contributed by atoms with Crippen molar-refractivity contribution in [1.82, 2.24) is 5.32 Å².